The van der Waals surface area contributed by atoms with Gasteiger partial charge >= 0.3 is 0 Å². The number of nitrogens with one attached hydrogen (secondary N) is 2. The van der Waals surface area contributed by atoms with Gasteiger partial charge in [0, 0.05) is 24.3 Å². The summed E-state index contributed by atoms with van der Waals surface area (Å²) in [7, 11) is 0. The summed E-state index contributed by atoms with van der Waals surface area (Å²) in [6.07, 6.45) is 1.43. The van der Waals surface area contributed by atoms with E-state index in [2.05, 4.69) is 55.7 Å². The van der Waals surface area contributed by atoms with Crippen LogP contribution < -0.4 is 10.6 Å². The quantitative estimate of drug-likeness (QED) is 0.817. The van der Waals surface area contributed by atoms with Crippen LogP contribution in [0, 0.1) is 20.8 Å². The highest BCUT2D eigenvalue weighted by molar-refractivity contribution is 5.92. The van der Waals surface area contributed by atoms with Crippen molar-refractivity contribution in [2.45, 2.75) is 40.5 Å². The second kappa shape index (κ2) is 7.82. The van der Waals surface area contributed by atoms with Crippen LogP contribution in [-0.4, -0.2) is 12.5 Å². The zero-order valence-corrected chi connectivity index (χ0v) is 14.5. The molecule has 0 aliphatic heterocycles. The van der Waals surface area contributed by atoms with E-state index in [0.29, 0.717) is 13.0 Å². The molecular weight excluding hydrogens is 284 g/mol. The number of para-hydroxylation sites is 1. The minimum absolute atomic E-state index is 0.0397. The van der Waals surface area contributed by atoms with Crippen molar-refractivity contribution >= 4 is 17.3 Å². The predicted octanol–water partition coefficient (Wildman–Crippen LogP) is 4.61. The standard InChI is InChI=1S/C20H26N2O/c1-5-17-10-6-9-15(3)20(17)21-13-12-19(23)22-18-11-7-8-14(2)16(18)4/h6-11,21H,5,12-13H2,1-4H3,(H,22,23). The van der Waals surface area contributed by atoms with Crippen LogP contribution in [-0.2, 0) is 11.2 Å². The molecule has 2 aromatic rings. The Kier molecular flexibility index (Phi) is 5.80. The van der Waals surface area contributed by atoms with E-state index < -0.39 is 0 Å². The number of amides is 1. The predicted molar refractivity (Wildman–Crippen MR) is 98.2 cm³/mol. The summed E-state index contributed by atoms with van der Waals surface area (Å²) in [6.45, 7) is 8.96. The van der Waals surface area contributed by atoms with Crippen LogP contribution in [0.1, 0.15) is 35.6 Å². The lowest BCUT2D eigenvalue weighted by atomic mass is 10.1. The van der Waals surface area contributed by atoms with Gasteiger partial charge in [-0.3, -0.25) is 4.79 Å². The molecule has 0 aromatic heterocycles. The maximum absolute atomic E-state index is 12.2. The van der Waals surface area contributed by atoms with Gasteiger partial charge in [-0.1, -0.05) is 37.3 Å². The second-order valence-electron chi connectivity index (χ2n) is 5.94. The minimum Gasteiger partial charge on any atom is -0.384 e. The Morgan fingerprint density at radius 3 is 2.43 bits per heavy atom. The molecule has 2 N–H and O–H groups in total. The van der Waals surface area contributed by atoms with Gasteiger partial charge in [0.15, 0.2) is 0 Å². The Morgan fingerprint density at radius 1 is 1.00 bits per heavy atom. The average molecular weight is 310 g/mol. The van der Waals surface area contributed by atoms with E-state index in [1.807, 2.05) is 19.1 Å². The molecule has 23 heavy (non-hydrogen) atoms. The molecule has 3 heteroatoms. The number of benzene rings is 2. The maximum atomic E-state index is 12.2. The highest BCUT2D eigenvalue weighted by Gasteiger charge is 2.07. The van der Waals surface area contributed by atoms with E-state index in [1.165, 1.54) is 16.7 Å². The maximum Gasteiger partial charge on any atom is 0.226 e. The topological polar surface area (TPSA) is 41.1 Å². The minimum atomic E-state index is 0.0397. The molecule has 0 heterocycles. The fourth-order valence-corrected chi connectivity index (χ4v) is 2.68. The van der Waals surface area contributed by atoms with E-state index in [1.54, 1.807) is 0 Å². The molecule has 2 rings (SSSR count). The molecular formula is C20H26N2O. The lowest BCUT2D eigenvalue weighted by Crippen LogP contribution is -2.17. The third-order valence-electron chi connectivity index (χ3n) is 4.27. The lowest BCUT2D eigenvalue weighted by molar-refractivity contribution is -0.115. The van der Waals surface area contributed by atoms with E-state index in [9.17, 15) is 4.79 Å². The first kappa shape index (κ1) is 17.1. The Hall–Kier alpha value is -2.29. The van der Waals surface area contributed by atoms with Gasteiger partial charge in [-0.05, 0) is 55.5 Å². The summed E-state index contributed by atoms with van der Waals surface area (Å²) < 4.78 is 0. The van der Waals surface area contributed by atoms with Crippen LogP contribution in [0.25, 0.3) is 0 Å². The third kappa shape index (κ3) is 4.35. The van der Waals surface area contributed by atoms with Gasteiger partial charge in [0.05, 0.1) is 0 Å². The third-order valence-corrected chi connectivity index (χ3v) is 4.27. The molecule has 0 saturated heterocycles. The number of hydrogen-bond donors (Lipinski definition) is 2. The number of aryl methyl sites for hydroxylation is 3. The van der Waals surface area contributed by atoms with Crippen molar-refractivity contribution in [3.8, 4) is 0 Å². The highest BCUT2D eigenvalue weighted by Crippen LogP contribution is 2.21. The molecule has 0 aliphatic rings. The van der Waals surface area contributed by atoms with Gasteiger partial charge in [-0.25, -0.2) is 0 Å². The zero-order chi connectivity index (χ0) is 16.8. The normalized spacial score (nSPS) is 10.4. The molecule has 0 saturated carbocycles. The van der Waals surface area contributed by atoms with Crippen molar-refractivity contribution < 1.29 is 4.79 Å². The molecule has 1 amide bonds. The molecule has 0 unspecified atom stereocenters. The van der Waals surface area contributed by atoms with Crippen LogP contribution in [0.15, 0.2) is 36.4 Å². The largest absolute Gasteiger partial charge is 0.384 e. The van der Waals surface area contributed by atoms with Gasteiger partial charge in [-0.15, -0.1) is 0 Å². The average Bonchev–Trinajstić information content (AvgIpc) is 2.53. The fourth-order valence-electron chi connectivity index (χ4n) is 2.68. The first-order valence-corrected chi connectivity index (χ1v) is 8.21. The number of hydrogen-bond acceptors (Lipinski definition) is 2. The number of rotatable bonds is 6. The molecule has 0 fully saturated rings. The van der Waals surface area contributed by atoms with Crippen LogP contribution in [0.4, 0.5) is 11.4 Å². The monoisotopic (exact) mass is 310 g/mol. The molecule has 2 aromatic carbocycles. The smallest absolute Gasteiger partial charge is 0.226 e. The Morgan fingerprint density at radius 2 is 1.70 bits per heavy atom. The van der Waals surface area contributed by atoms with Crippen molar-refractivity contribution in [2.24, 2.45) is 0 Å². The van der Waals surface area contributed by atoms with E-state index in [4.69, 9.17) is 0 Å². The van der Waals surface area contributed by atoms with Crippen molar-refractivity contribution in [1.29, 1.82) is 0 Å². The molecule has 3 nitrogen and oxygen atoms in total. The second-order valence-corrected chi connectivity index (χ2v) is 5.94. The van der Waals surface area contributed by atoms with E-state index >= 15 is 0 Å². The fraction of sp³-hybridized carbons (Fsp3) is 0.350. The Labute approximate surface area is 139 Å². The lowest BCUT2D eigenvalue weighted by Gasteiger charge is -2.14. The van der Waals surface area contributed by atoms with Gasteiger partial charge in [0.2, 0.25) is 5.91 Å². The van der Waals surface area contributed by atoms with Crippen molar-refractivity contribution in [3.05, 3.63) is 58.7 Å². The van der Waals surface area contributed by atoms with Crippen molar-refractivity contribution in [3.63, 3.8) is 0 Å². The molecule has 122 valence electrons. The number of anilines is 2. The van der Waals surface area contributed by atoms with E-state index in [0.717, 1.165) is 23.4 Å². The summed E-state index contributed by atoms with van der Waals surface area (Å²) in [5.41, 5.74) is 6.89. The molecule has 0 bridgehead atoms. The number of carbonyl (C=O) groups is 1. The first-order chi connectivity index (χ1) is 11.0. The van der Waals surface area contributed by atoms with Crippen LogP contribution in [0.5, 0.6) is 0 Å². The summed E-state index contributed by atoms with van der Waals surface area (Å²) >= 11 is 0. The Balaban J connectivity index is 1.92. The van der Waals surface area contributed by atoms with E-state index in [-0.39, 0.29) is 5.91 Å². The SMILES string of the molecule is CCc1cccc(C)c1NCCC(=O)Nc1cccc(C)c1C. The molecule has 0 atom stereocenters. The molecule has 0 spiro atoms. The summed E-state index contributed by atoms with van der Waals surface area (Å²) in [4.78, 5) is 12.2. The van der Waals surface area contributed by atoms with Gasteiger partial charge in [0.25, 0.3) is 0 Å². The van der Waals surface area contributed by atoms with Crippen molar-refractivity contribution in [1.82, 2.24) is 0 Å². The van der Waals surface area contributed by atoms with Gasteiger partial charge in [-0.2, -0.15) is 0 Å². The summed E-state index contributed by atoms with van der Waals surface area (Å²) in [6, 6.07) is 12.3. The highest BCUT2D eigenvalue weighted by atomic mass is 16.1. The number of carbonyl (C=O) groups excluding carboxylic acids is 1. The van der Waals surface area contributed by atoms with Crippen molar-refractivity contribution in [2.75, 3.05) is 17.2 Å². The molecule has 0 aliphatic carbocycles. The van der Waals surface area contributed by atoms with Gasteiger partial charge < -0.3 is 10.6 Å². The molecule has 0 radical (unpaired) electrons. The summed E-state index contributed by atoms with van der Waals surface area (Å²) in [5.74, 6) is 0.0397. The van der Waals surface area contributed by atoms with Crippen LogP contribution in [0.3, 0.4) is 0 Å². The van der Waals surface area contributed by atoms with Crippen LogP contribution in [0.2, 0.25) is 0 Å². The Bertz CT molecular complexity index is 692. The summed E-state index contributed by atoms with van der Waals surface area (Å²) in [5, 5.41) is 6.42. The zero-order valence-electron chi connectivity index (χ0n) is 14.5. The first-order valence-electron chi connectivity index (χ1n) is 8.21. The van der Waals surface area contributed by atoms with Gasteiger partial charge in [0.1, 0.15) is 0 Å². The van der Waals surface area contributed by atoms with Crippen LogP contribution >= 0.6 is 0 Å².